The second kappa shape index (κ2) is 10.0. The quantitative estimate of drug-likeness (QED) is 0.410. The fourth-order valence-corrected chi connectivity index (χ4v) is 4.20. The van der Waals surface area contributed by atoms with Crippen molar-refractivity contribution in [1.82, 2.24) is 0 Å². The van der Waals surface area contributed by atoms with Crippen LogP contribution in [0, 0.1) is 0 Å². The Kier molecular flexibility index (Phi) is 6.90. The first kappa shape index (κ1) is 23.4. The molecule has 9 heteroatoms. The molecule has 0 bridgehead atoms. The number of carbonyl (C=O) groups excluding carboxylic acids is 2. The molecule has 0 aromatic heterocycles. The summed E-state index contributed by atoms with van der Waals surface area (Å²) in [6, 6.07) is 18.0. The molecule has 172 valence electrons. The third-order valence-corrected chi connectivity index (χ3v) is 6.08. The molecule has 7 nitrogen and oxygen atoms in total. The summed E-state index contributed by atoms with van der Waals surface area (Å²) < 4.78 is 11.2. The van der Waals surface area contributed by atoms with Gasteiger partial charge in [-0.15, -0.1) is 0 Å². The van der Waals surface area contributed by atoms with Crippen LogP contribution < -0.4 is 14.4 Å². The molecule has 1 fully saturated rings. The normalized spacial score (nSPS) is 14.5. The highest BCUT2D eigenvalue weighted by Crippen LogP contribution is 2.37. The molecule has 1 saturated heterocycles. The van der Waals surface area contributed by atoms with Gasteiger partial charge in [-0.2, -0.15) is 0 Å². The zero-order valence-electron chi connectivity index (χ0n) is 17.9. The minimum Gasteiger partial charge on any atom is -0.493 e. The largest absolute Gasteiger partial charge is 0.493 e. The van der Waals surface area contributed by atoms with Crippen LogP contribution in [0.5, 0.6) is 11.5 Å². The van der Waals surface area contributed by atoms with Gasteiger partial charge < -0.3 is 14.6 Å². The number of rotatable bonds is 7. The van der Waals surface area contributed by atoms with Gasteiger partial charge in [0.25, 0.3) is 11.1 Å². The molecule has 0 aliphatic carbocycles. The van der Waals surface area contributed by atoms with Crippen LogP contribution in [0.3, 0.4) is 0 Å². The number of benzene rings is 3. The van der Waals surface area contributed by atoms with Crippen molar-refractivity contribution in [3.05, 3.63) is 93.3 Å². The number of carbonyl (C=O) groups is 3. The van der Waals surface area contributed by atoms with Gasteiger partial charge >= 0.3 is 5.97 Å². The van der Waals surface area contributed by atoms with E-state index in [1.165, 1.54) is 19.2 Å². The van der Waals surface area contributed by atoms with Crippen LogP contribution in [-0.2, 0) is 11.4 Å². The summed E-state index contributed by atoms with van der Waals surface area (Å²) in [7, 11) is 1.50. The Morgan fingerprint density at radius 3 is 2.38 bits per heavy atom. The van der Waals surface area contributed by atoms with Gasteiger partial charge in [0.2, 0.25) is 0 Å². The maximum Gasteiger partial charge on any atom is 0.335 e. The van der Waals surface area contributed by atoms with E-state index in [0.29, 0.717) is 27.8 Å². The molecule has 1 aliphatic rings. The lowest BCUT2D eigenvalue weighted by molar-refractivity contribution is -0.113. The molecule has 0 radical (unpaired) electrons. The number of amides is 2. The number of hydrogen-bond donors (Lipinski definition) is 1. The molecular formula is C25H18ClNO6S. The topological polar surface area (TPSA) is 93.1 Å². The smallest absolute Gasteiger partial charge is 0.335 e. The predicted molar refractivity (Wildman–Crippen MR) is 131 cm³/mol. The number of halogens is 1. The number of ether oxygens (including phenoxy) is 2. The van der Waals surface area contributed by atoms with Gasteiger partial charge in [0.1, 0.15) is 6.61 Å². The fourth-order valence-electron chi connectivity index (χ4n) is 3.23. The number of hydrogen-bond acceptors (Lipinski definition) is 6. The van der Waals surface area contributed by atoms with E-state index in [1.54, 1.807) is 60.7 Å². The third-order valence-electron chi connectivity index (χ3n) is 4.96. The Morgan fingerprint density at radius 1 is 1.03 bits per heavy atom. The Hall–Kier alpha value is -3.75. The Balaban J connectivity index is 1.49. The maximum absolute atomic E-state index is 12.8. The first-order valence-corrected chi connectivity index (χ1v) is 11.2. The fraction of sp³-hybridized carbons (Fsp3) is 0.0800. The lowest BCUT2D eigenvalue weighted by atomic mass is 10.1. The maximum atomic E-state index is 12.8. The average molecular weight is 496 g/mol. The van der Waals surface area contributed by atoms with E-state index < -0.39 is 11.9 Å². The Bertz CT molecular complexity index is 1290. The number of carboxylic acid groups (broad SMARTS) is 1. The molecule has 0 spiro atoms. The third kappa shape index (κ3) is 5.08. The monoisotopic (exact) mass is 495 g/mol. The number of carboxylic acids is 1. The van der Waals surface area contributed by atoms with Crippen LogP contribution in [0.1, 0.15) is 21.5 Å². The van der Waals surface area contributed by atoms with E-state index in [2.05, 4.69) is 0 Å². The van der Waals surface area contributed by atoms with Crippen molar-refractivity contribution in [2.24, 2.45) is 0 Å². The van der Waals surface area contributed by atoms with E-state index in [4.69, 9.17) is 26.2 Å². The summed E-state index contributed by atoms with van der Waals surface area (Å²) in [6.45, 7) is 0.218. The summed E-state index contributed by atoms with van der Waals surface area (Å²) in [6.07, 6.45) is 1.62. The molecule has 3 aromatic carbocycles. The first-order chi connectivity index (χ1) is 16.4. The second-order valence-corrected chi connectivity index (χ2v) is 8.62. The number of aromatic carboxylic acids is 1. The number of thioether (sulfide) groups is 1. The molecule has 34 heavy (non-hydrogen) atoms. The van der Waals surface area contributed by atoms with Crippen LogP contribution in [0.15, 0.2) is 71.6 Å². The van der Waals surface area contributed by atoms with E-state index in [0.717, 1.165) is 22.2 Å². The summed E-state index contributed by atoms with van der Waals surface area (Å²) in [4.78, 5) is 37.7. The van der Waals surface area contributed by atoms with Gasteiger partial charge in [-0.3, -0.25) is 9.59 Å². The lowest BCUT2D eigenvalue weighted by Gasteiger charge is -2.12. The van der Waals surface area contributed by atoms with Gasteiger partial charge in [-0.05, 0) is 77.5 Å². The first-order valence-electron chi connectivity index (χ1n) is 10.0. The summed E-state index contributed by atoms with van der Waals surface area (Å²) in [5.74, 6) is -0.471. The number of nitrogens with zero attached hydrogens (tertiary/aromatic N) is 1. The highest BCUT2D eigenvalue weighted by molar-refractivity contribution is 8.19. The van der Waals surface area contributed by atoms with Crippen LogP contribution in [0.2, 0.25) is 5.02 Å². The summed E-state index contributed by atoms with van der Waals surface area (Å²) >= 11 is 6.75. The minimum atomic E-state index is -0.990. The zero-order valence-corrected chi connectivity index (χ0v) is 19.4. The highest BCUT2D eigenvalue weighted by Gasteiger charge is 2.36. The van der Waals surface area contributed by atoms with Crippen LogP contribution >= 0.6 is 23.4 Å². The van der Waals surface area contributed by atoms with Crippen molar-refractivity contribution in [1.29, 1.82) is 0 Å². The van der Waals surface area contributed by atoms with Crippen molar-refractivity contribution >= 4 is 52.2 Å². The molecule has 0 atom stereocenters. The Morgan fingerprint density at radius 2 is 1.74 bits per heavy atom. The molecule has 0 saturated carbocycles. The van der Waals surface area contributed by atoms with Gasteiger partial charge in [0.05, 0.1) is 23.3 Å². The number of methoxy groups -OCH3 is 1. The van der Waals surface area contributed by atoms with Gasteiger partial charge in [-0.1, -0.05) is 29.8 Å². The lowest BCUT2D eigenvalue weighted by Crippen LogP contribution is -2.27. The molecule has 0 unspecified atom stereocenters. The van der Waals surface area contributed by atoms with Crippen molar-refractivity contribution < 1.29 is 29.0 Å². The predicted octanol–water partition coefficient (Wildman–Crippen LogP) is 5.87. The Labute approximate surface area is 204 Å². The van der Waals surface area contributed by atoms with Gasteiger partial charge in [0.15, 0.2) is 11.5 Å². The number of imide groups is 1. The average Bonchev–Trinajstić information content (AvgIpc) is 3.11. The minimum absolute atomic E-state index is 0.200. The van der Waals surface area contributed by atoms with Crippen LogP contribution in [-0.4, -0.2) is 29.3 Å². The van der Waals surface area contributed by atoms with Gasteiger partial charge in [0, 0.05) is 5.02 Å². The summed E-state index contributed by atoms with van der Waals surface area (Å²) in [5, 5.41) is 9.11. The van der Waals surface area contributed by atoms with E-state index in [1.807, 2.05) is 0 Å². The van der Waals surface area contributed by atoms with Crippen LogP contribution in [0.4, 0.5) is 10.5 Å². The molecule has 4 rings (SSSR count). The van der Waals surface area contributed by atoms with E-state index in [-0.39, 0.29) is 22.3 Å². The van der Waals surface area contributed by atoms with Crippen molar-refractivity contribution in [3.63, 3.8) is 0 Å². The number of anilines is 1. The van der Waals surface area contributed by atoms with Crippen molar-refractivity contribution in [2.45, 2.75) is 6.61 Å². The van der Waals surface area contributed by atoms with Crippen molar-refractivity contribution in [3.8, 4) is 11.5 Å². The molecule has 1 heterocycles. The zero-order chi connectivity index (χ0) is 24.2. The molecule has 2 amide bonds. The second-order valence-electron chi connectivity index (χ2n) is 7.19. The van der Waals surface area contributed by atoms with E-state index in [9.17, 15) is 14.4 Å². The van der Waals surface area contributed by atoms with E-state index >= 15 is 0 Å². The highest BCUT2D eigenvalue weighted by atomic mass is 35.5. The molecule has 1 N–H and O–H groups in total. The van der Waals surface area contributed by atoms with Crippen LogP contribution in [0.25, 0.3) is 6.08 Å². The van der Waals surface area contributed by atoms with Gasteiger partial charge in [-0.25, -0.2) is 9.69 Å². The standard InChI is InChI=1S/C25H18ClNO6S/c1-32-21-12-16(4-11-20(21)33-14-15-2-5-17(6-3-15)24(29)30)13-22-23(28)27(25(31)34-22)19-9-7-18(26)8-10-19/h2-13H,14H2,1H3,(H,29,30)/b22-13+. The molecule has 1 aliphatic heterocycles. The van der Waals surface area contributed by atoms with Crippen molar-refractivity contribution in [2.75, 3.05) is 12.0 Å². The summed E-state index contributed by atoms with van der Waals surface area (Å²) in [5.41, 5.74) is 2.11. The molecular weight excluding hydrogens is 478 g/mol. The molecule has 3 aromatic rings. The SMILES string of the molecule is COc1cc(/C=C2/SC(=O)N(c3ccc(Cl)cc3)C2=O)ccc1OCc1ccc(C(=O)O)cc1.